The molecule has 1 aromatic carbocycles. The van der Waals surface area contributed by atoms with Crippen LogP contribution in [0.1, 0.15) is 13.3 Å². The number of nitrogens with zero attached hydrogens (tertiary/aromatic N) is 2. The predicted molar refractivity (Wildman–Crippen MR) is 73.9 cm³/mol. The summed E-state index contributed by atoms with van der Waals surface area (Å²) in [5.41, 5.74) is 0.466. The number of carbonyl (C=O) groups is 1. The highest BCUT2D eigenvalue weighted by Crippen LogP contribution is 2.27. The lowest BCUT2D eigenvalue weighted by atomic mass is 10.2. The van der Waals surface area contributed by atoms with Gasteiger partial charge in [-0.25, -0.2) is 0 Å². The average molecular weight is 279 g/mol. The van der Waals surface area contributed by atoms with Crippen molar-refractivity contribution in [3.63, 3.8) is 0 Å². The number of non-ortho nitro benzene ring substituents is 1. The number of carbonyl (C=O) groups excluding carboxylic acids is 1. The molecule has 108 valence electrons. The zero-order valence-electron chi connectivity index (χ0n) is 11.5. The van der Waals surface area contributed by atoms with Crippen LogP contribution in [0, 0.1) is 10.1 Å². The van der Waals surface area contributed by atoms with Crippen molar-refractivity contribution in [2.24, 2.45) is 0 Å². The summed E-state index contributed by atoms with van der Waals surface area (Å²) in [5, 5.41) is 13.9. The van der Waals surface area contributed by atoms with Crippen molar-refractivity contribution in [1.29, 1.82) is 0 Å². The summed E-state index contributed by atoms with van der Waals surface area (Å²) in [5.74, 6) is 0.414. The molecule has 0 radical (unpaired) electrons. The van der Waals surface area contributed by atoms with Crippen LogP contribution in [0.5, 0.6) is 5.75 Å². The lowest BCUT2D eigenvalue weighted by molar-refractivity contribution is -0.384. The molecule has 0 bridgehead atoms. The number of rotatable bonds is 5. The molecule has 1 atom stereocenters. The standard InChI is InChI=1S/C13H17N3O4/c1-3-20-11-7-9(6-10(8-11)16(18)19)14-12-4-5-15(2)13(12)17/h6-8,12,14H,3-5H2,1-2H3. The zero-order valence-corrected chi connectivity index (χ0v) is 11.5. The van der Waals surface area contributed by atoms with Gasteiger partial charge < -0.3 is 15.0 Å². The van der Waals surface area contributed by atoms with E-state index in [4.69, 9.17) is 4.74 Å². The Kier molecular flexibility index (Phi) is 4.07. The van der Waals surface area contributed by atoms with Gasteiger partial charge in [0.2, 0.25) is 5.91 Å². The van der Waals surface area contributed by atoms with Crippen LogP contribution in [0.15, 0.2) is 18.2 Å². The number of benzene rings is 1. The first kappa shape index (κ1) is 14.1. The number of nitro groups is 1. The fourth-order valence-corrected chi connectivity index (χ4v) is 2.18. The maximum Gasteiger partial charge on any atom is 0.275 e. The van der Waals surface area contributed by atoms with Crippen molar-refractivity contribution in [3.05, 3.63) is 28.3 Å². The van der Waals surface area contributed by atoms with Gasteiger partial charge in [0.05, 0.1) is 17.6 Å². The highest BCUT2D eigenvalue weighted by molar-refractivity contribution is 5.86. The van der Waals surface area contributed by atoms with Crippen molar-refractivity contribution < 1.29 is 14.5 Å². The molecule has 0 aromatic heterocycles. The second kappa shape index (κ2) is 5.77. The Morgan fingerprint density at radius 1 is 1.50 bits per heavy atom. The Labute approximate surface area is 116 Å². The number of nitro benzene ring substituents is 1. The smallest absolute Gasteiger partial charge is 0.275 e. The van der Waals surface area contributed by atoms with Gasteiger partial charge in [-0.3, -0.25) is 14.9 Å². The summed E-state index contributed by atoms with van der Waals surface area (Å²) in [6.45, 7) is 2.91. The summed E-state index contributed by atoms with van der Waals surface area (Å²) >= 11 is 0. The zero-order chi connectivity index (χ0) is 14.7. The summed E-state index contributed by atoms with van der Waals surface area (Å²) in [7, 11) is 1.74. The third-order valence-electron chi connectivity index (χ3n) is 3.18. The Hall–Kier alpha value is -2.31. The highest BCUT2D eigenvalue weighted by atomic mass is 16.6. The fraction of sp³-hybridized carbons (Fsp3) is 0.462. The molecular weight excluding hydrogens is 262 g/mol. The van der Waals surface area contributed by atoms with E-state index in [1.165, 1.54) is 12.1 Å². The molecule has 7 nitrogen and oxygen atoms in total. The van der Waals surface area contributed by atoms with Crippen LogP contribution in [-0.2, 0) is 4.79 Å². The summed E-state index contributed by atoms with van der Waals surface area (Å²) in [4.78, 5) is 23.9. The first-order valence-electron chi connectivity index (χ1n) is 6.45. The van der Waals surface area contributed by atoms with E-state index in [1.807, 2.05) is 0 Å². The van der Waals surface area contributed by atoms with Gasteiger partial charge in [0, 0.05) is 31.4 Å². The topological polar surface area (TPSA) is 84.7 Å². The third-order valence-corrected chi connectivity index (χ3v) is 3.18. The Balaban J connectivity index is 2.22. The maximum absolute atomic E-state index is 11.8. The largest absolute Gasteiger partial charge is 0.494 e. The van der Waals surface area contributed by atoms with Gasteiger partial charge in [-0.2, -0.15) is 0 Å². The molecule has 1 aliphatic heterocycles. The molecular formula is C13H17N3O4. The molecule has 1 saturated heterocycles. The van der Waals surface area contributed by atoms with Crippen LogP contribution >= 0.6 is 0 Å². The van der Waals surface area contributed by atoms with Crippen LogP contribution in [0.4, 0.5) is 11.4 Å². The summed E-state index contributed by atoms with van der Waals surface area (Å²) < 4.78 is 5.31. The minimum absolute atomic E-state index is 0.00512. The fourth-order valence-electron chi connectivity index (χ4n) is 2.18. The molecule has 1 N–H and O–H groups in total. The first-order valence-corrected chi connectivity index (χ1v) is 6.45. The minimum Gasteiger partial charge on any atom is -0.494 e. The third kappa shape index (κ3) is 2.98. The van der Waals surface area contributed by atoms with Crippen LogP contribution in [0.3, 0.4) is 0 Å². The number of hydrogen-bond donors (Lipinski definition) is 1. The Morgan fingerprint density at radius 3 is 2.80 bits per heavy atom. The number of hydrogen-bond acceptors (Lipinski definition) is 5. The lowest BCUT2D eigenvalue weighted by Crippen LogP contribution is -2.30. The van der Waals surface area contributed by atoms with E-state index in [1.54, 1.807) is 24.9 Å². The Bertz CT molecular complexity index is 532. The second-order valence-electron chi connectivity index (χ2n) is 4.65. The first-order chi connectivity index (χ1) is 9.51. The maximum atomic E-state index is 11.8. The second-order valence-corrected chi connectivity index (χ2v) is 4.65. The molecule has 7 heteroatoms. The highest BCUT2D eigenvalue weighted by Gasteiger charge is 2.29. The molecule has 1 aromatic rings. The number of anilines is 1. The molecule has 1 unspecified atom stereocenters. The molecule has 1 heterocycles. The van der Waals surface area contributed by atoms with Gasteiger partial charge in [0.1, 0.15) is 11.8 Å². The van der Waals surface area contributed by atoms with Gasteiger partial charge in [-0.05, 0) is 13.3 Å². The number of likely N-dealkylation sites (N-methyl/N-ethyl adjacent to an activating group) is 1. The van der Waals surface area contributed by atoms with Gasteiger partial charge in [-0.1, -0.05) is 0 Å². The number of amides is 1. The molecule has 0 saturated carbocycles. The Morgan fingerprint density at radius 2 is 2.25 bits per heavy atom. The van der Waals surface area contributed by atoms with Crippen molar-refractivity contribution in [2.75, 3.05) is 25.5 Å². The molecule has 1 fully saturated rings. The van der Waals surface area contributed by atoms with Crippen LogP contribution in [-0.4, -0.2) is 42.0 Å². The van der Waals surface area contributed by atoms with Crippen LogP contribution < -0.4 is 10.1 Å². The number of ether oxygens (including phenoxy) is 1. The molecule has 1 aliphatic rings. The van der Waals surface area contributed by atoms with Gasteiger partial charge >= 0.3 is 0 Å². The lowest BCUT2D eigenvalue weighted by Gasteiger charge is -2.14. The van der Waals surface area contributed by atoms with E-state index in [-0.39, 0.29) is 17.6 Å². The molecule has 20 heavy (non-hydrogen) atoms. The van der Waals surface area contributed by atoms with E-state index >= 15 is 0 Å². The quantitative estimate of drug-likeness (QED) is 0.654. The number of likely N-dealkylation sites (tertiary alicyclic amines) is 1. The normalized spacial score (nSPS) is 18.2. The summed E-state index contributed by atoms with van der Waals surface area (Å²) in [6, 6.07) is 4.12. The van der Waals surface area contributed by atoms with E-state index in [0.717, 1.165) is 0 Å². The van der Waals surface area contributed by atoms with Gasteiger partial charge in [0.25, 0.3) is 5.69 Å². The van der Waals surface area contributed by atoms with Crippen molar-refractivity contribution >= 4 is 17.3 Å². The van der Waals surface area contributed by atoms with E-state index in [0.29, 0.717) is 31.0 Å². The SMILES string of the molecule is CCOc1cc(NC2CCN(C)C2=O)cc([N+](=O)[O-])c1. The van der Waals surface area contributed by atoms with Crippen LogP contribution in [0.2, 0.25) is 0 Å². The van der Waals surface area contributed by atoms with Crippen molar-refractivity contribution in [3.8, 4) is 5.75 Å². The number of nitrogens with one attached hydrogen (secondary N) is 1. The van der Waals surface area contributed by atoms with Crippen LogP contribution in [0.25, 0.3) is 0 Å². The summed E-state index contributed by atoms with van der Waals surface area (Å²) in [6.07, 6.45) is 0.683. The van der Waals surface area contributed by atoms with E-state index in [2.05, 4.69) is 5.32 Å². The monoisotopic (exact) mass is 279 g/mol. The predicted octanol–water partition coefficient (Wildman–Crippen LogP) is 1.64. The van der Waals surface area contributed by atoms with Gasteiger partial charge in [-0.15, -0.1) is 0 Å². The van der Waals surface area contributed by atoms with E-state index in [9.17, 15) is 14.9 Å². The molecule has 0 aliphatic carbocycles. The average Bonchev–Trinajstić information content (AvgIpc) is 2.71. The van der Waals surface area contributed by atoms with E-state index < -0.39 is 4.92 Å². The molecule has 2 rings (SSSR count). The van der Waals surface area contributed by atoms with Gasteiger partial charge in [0.15, 0.2) is 0 Å². The van der Waals surface area contributed by atoms with Crippen molar-refractivity contribution in [2.45, 2.75) is 19.4 Å². The molecule has 0 spiro atoms. The molecule has 1 amide bonds. The van der Waals surface area contributed by atoms with Crippen molar-refractivity contribution in [1.82, 2.24) is 4.90 Å². The minimum atomic E-state index is -0.476.